The molecule has 2 aromatic heterocycles. The summed E-state index contributed by atoms with van der Waals surface area (Å²) < 4.78 is 5.71. The number of anilines is 1. The molecule has 0 aromatic carbocycles. The van der Waals surface area contributed by atoms with E-state index in [1.54, 1.807) is 6.07 Å². The highest BCUT2D eigenvalue weighted by Gasteiger charge is 2.24. The van der Waals surface area contributed by atoms with E-state index in [2.05, 4.69) is 41.7 Å². The lowest BCUT2D eigenvalue weighted by Gasteiger charge is -2.03. The van der Waals surface area contributed by atoms with E-state index in [1.807, 2.05) is 0 Å². The van der Waals surface area contributed by atoms with E-state index >= 15 is 0 Å². The van der Waals surface area contributed by atoms with Crippen molar-refractivity contribution in [3.05, 3.63) is 33.6 Å². The van der Waals surface area contributed by atoms with Crippen LogP contribution in [-0.2, 0) is 0 Å². The first kappa shape index (κ1) is 14.4. The zero-order valence-electron chi connectivity index (χ0n) is 10.8. The van der Waals surface area contributed by atoms with Gasteiger partial charge in [0.25, 0.3) is 11.7 Å². The third-order valence-electron chi connectivity index (χ3n) is 3.06. The average molecular weight is 373 g/mol. The molecule has 1 fully saturated rings. The maximum absolute atomic E-state index is 12.0. The second kappa shape index (κ2) is 6.08. The number of amides is 1. The van der Waals surface area contributed by atoms with Gasteiger partial charge in [-0.15, -0.1) is 0 Å². The molecular weight excluding hydrogens is 362 g/mol. The molecule has 110 valence electrons. The van der Waals surface area contributed by atoms with Crippen molar-refractivity contribution in [3.8, 4) is 0 Å². The second-order valence-electron chi connectivity index (χ2n) is 4.56. The van der Waals surface area contributed by atoms with Crippen LogP contribution in [0.2, 0.25) is 5.15 Å². The molecule has 3 rings (SSSR count). The van der Waals surface area contributed by atoms with Gasteiger partial charge >= 0.3 is 0 Å². The highest BCUT2D eigenvalue weighted by Crippen LogP contribution is 2.24. The van der Waals surface area contributed by atoms with Crippen LogP contribution in [0.25, 0.3) is 0 Å². The largest absolute Gasteiger partial charge is 0.337 e. The fraction of sp³-hybridized carbons (Fsp3) is 0.333. The van der Waals surface area contributed by atoms with Crippen molar-refractivity contribution in [1.82, 2.24) is 20.4 Å². The Bertz CT molecular complexity index is 671. The van der Waals surface area contributed by atoms with Crippen molar-refractivity contribution >= 4 is 39.1 Å². The van der Waals surface area contributed by atoms with E-state index < -0.39 is 5.91 Å². The Kier molecular flexibility index (Phi) is 4.18. The molecule has 0 aliphatic carbocycles. The Balaban J connectivity index is 1.71. The van der Waals surface area contributed by atoms with Gasteiger partial charge in [-0.3, -0.25) is 4.79 Å². The third kappa shape index (κ3) is 3.22. The van der Waals surface area contributed by atoms with Gasteiger partial charge < -0.3 is 15.2 Å². The van der Waals surface area contributed by atoms with E-state index in [-0.39, 0.29) is 11.9 Å². The van der Waals surface area contributed by atoms with Crippen LogP contribution in [0.1, 0.15) is 35.4 Å². The van der Waals surface area contributed by atoms with Crippen LogP contribution in [0, 0.1) is 0 Å². The Morgan fingerprint density at radius 2 is 2.43 bits per heavy atom. The minimum Gasteiger partial charge on any atom is -0.337 e. The monoisotopic (exact) mass is 371 g/mol. The number of carbonyl (C=O) groups excluding carboxylic acids is 1. The molecule has 2 N–H and O–H groups in total. The van der Waals surface area contributed by atoms with Gasteiger partial charge in [0, 0.05) is 0 Å². The quantitative estimate of drug-likeness (QED) is 0.804. The first-order valence-corrected chi connectivity index (χ1v) is 7.50. The van der Waals surface area contributed by atoms with E-state index in [1.165, 1.54) is 6.20 Å². The fourth-order valence-corrected chi connectivity index (χ4v) is 2.49. The number of hydrogen-bond donors (Lipinski definition) is 2. The van der Waals surface area contributed by atoms with Crippen LogP contribution in [0.3, 0.4) is 0 Å². The maximum atomic E-state index is 12.0. The first-order valence-electron chi connectivity index (χ1n) is 6.33. The molecule has 1 atom stereocenters. The molecule has 1 aliphatic rings. The van der Waals surface area contributed by atoms with Crippen molar-refractivity contribution in [2.75, 3.05) is 11.9 Å². The molecule has 2 aromatic rings. The van der Waals surface area contributed by atoms with Gasteiger partial charge in [-0.1, -0.05) is 16.8 Å². The highest BCUT2D eigenvalue weighted by atomic mass is 79.9. The van der Waals surface area contributed by atoms with Crippen LogP contribution in [0.15, 0.2) is 21.3 Å². The molecule has 0 saturated carbocycles. The Labute approximate surface area is 133 Å². The summed E-state index contributed by atoms with van der Waals surface area (Å²) in [6.07, 6.45) is 3.43. The maximum Gasteiger partial charge on any atom is 0.297 e. The van der Waals surface area contributed by atoms with Crippen molar-refractivity contribution in [1.29, 1.82) is 0 Å². The Morgan fingerprint density at radius 3 is 3.14 bits per heavy atom. The number of rotatable bonds is 3. The van der Waals surface area contributed by atoms with E-state index in [0.717, 1.165) is 19.4 Å². The molecular formula is C12H11BrClN5O2. The summed E-state index contributed by atoms with van der Waals surface area (Å²) in [5.41, 5.74) is 0.488. The molecule has 21 heavy (non-hydrogen) atoms. The predicted octanol–water partition coefficient (Wildman–Crippen LogP) is 2.56. The molecule has 3 heterocycles. The summed E-state index contributed by atoms with van der Waals surface area (Å²) in [5.74, 6) is -0.0307. The van der Waals surface area contributed by atoms with Crippen LogP contribution in [0.5, 0.6) is 0 Å². The topological polar surface area (TPSA) is 92.9 Å². The summed E-state index contributed by atoms with van der Waals surface area (Å²) in [6.45, 7) is 0.916. The SMILES string of the molecule is O=C(Nc1cnc(Cl)c(Br)c1)c1noc(C2CCCN2)n1. The number of halogens is 2. The second-order valence-corrected chi connectivity index (χ2v) is 5.77. The van der Waals surface area contributed by atoms with Gasteiger partial charge in [0.05, 0.1) is 22.4 Å². The molecule has 9 heteroatoms. The Hall–Kier alpha value is -1.51. The molecule has 1 unspecified atom stereocenters. The van der Waals surface area contributed by atoms with Crippen molar-refractivity contribution in [2.24, 2.45) is 0 Å². The average Bonchev–Trinajstić information content (AvgIpc) is 3.12. The van der Waals surface area contributed by atoms with Crippen LogP contribution >= 0.6 is 27.5 Å². The number of nitrogens with one attached hydrogen (secondary N) is 2. The number of carbonyl (C=O) groups is 1. The summed E-state index contributed by atoms with van der Waals surface area (Å²) in [4.78, 5) is 20.1. The van der Waals surface area contributed by atoms with Crippen molar-refractivity contribution in [2.45, 2.75) is 18.9 Å². The van der Waals surface area contributed by atoms with E-state index in [9.17, 15) is 4.79 Å². The molecule has 7 nitrogen and oxygen atoms in total. The van der Waals surface area contributed by atoms with Crippen LogP contribution in [-0.4, -0.2) is 27.6 Å². The highest BCUT2D eigenvalue weighted by molar-refractivity contribution is 9.10. The summed E-state index contributed by atoms with van der Waals surface area (Å²) in [7, 11) is 0. The first-order chi connectivity index (χ1) is 10.1. The lowest BCUT2D eigenvalue weighted by molar-refractivity contribution is 0.101. The molecule has 1 saturated heterocycles. The normalized spacial score (nSPS) is 17.9. The zero-order valence-corrected chi connectivity index (χ0v) is 13.1. The van der Waals surface area contributed by atoms with Gasteiger partial charge in [-0.05, 0) is 41.4 Å². The lowest BCUT2D eigenvalue weighted by atomic mass is 10.2. The standard InChI is InChI=1S/C12H11BrClN5O2/c13-7-4-6(5-16-9(7)14)17-11(20)10-18-12(21-19-10)8-2-1-3-15-8/h4-5,8,15H,1-3H2,(H,17,20). The lowest BCUT2D eigenvalue weighted by Crippen LogP contribution is -2.16. The van der Waals surface area contributed by atoms with Crippen molar-refractivity contribution < 1.29 is 9.32 Å². The van der Waals surface area contributed by atoms with Crippen molar-refractivity contribution in [3.63, 3.8) is 0 Å². The Morgan fingerprint density at radius 1 is 1.57 bits per heavy atom. The van der Waals surface area contributed by atoms with Crippen LogP contribution in [0.4, 0.5) is 5.69 Å². The number of pyridine rings is 1. The van der Waals surface area contributed by atoms with Crippen LogP contribution < -0.4 is 10.6 Å². The van der Waals surface area contributed by atoms with E-state index in [0.29, 0.717) is 21.2 Å². The minimum absolute atomic E-state index is 0.00947. The van der Waals surface area contributed by atoms with Gasteiger partial charge in [0.2, 0.25) is 5.89 Å². The number of aromatic nitrogens is 3. The summed E-state index contributed by atoms with van der Waals surface area (Å²) in [6, 6.07) is 1.68. The molecule has 0 radical (unpaired) electrons. The van der Waals surface area contributed by atoms with E-state index in [4.69, 9.17) is 16.1 Å². The van der Waals surface area contributed by atoms with Gasteiger partial charge in [-0.2, -0.15) is 4.98 Å². The van der Waals surface area contributed by atoms with Gasteiger partial charge in [0.15, 0.2) is 0 Å². The number of hydrogen-bond acceptors (Lipinski definition) is 6. The fourth-order valence-electron chi connectivity index (χ4n) is 2.04. The molecule has 1 amide bonds. The van der Waals surface area contributed by atoms with Gasteiger partial charge in [0.1, 0.15) is 5.15 Å². The summed E-state index contributed by atoms with van der Waals surface area (Å²) in [5, 5.41) is 9.89. The predicted molar refractivity (Wildman–Crippen MR) is 79.2 cm³/mol. The minimum atomic E-state index is -0.459. The number of nitrogens with zero attached hydrogens (tertiary/aromatic N) is 3. The smallest absolute Gasteiger partial charge is 0.297 e. The molecule has 1 aliphatic heterocycles. The van der Waals surface area contributed by atoms with Gasteiger partial charge in [-0.25, -0.2) is 4.98 Å². The zero-order chi connectivity index (χ0) is 14.8. The molecule has 0 bridgehead atoms. The molecule has 0 spiro atoms. The third-order valence-corrected chi connectivity index (χ3v) is 4.19. The summed E-state index contributed by atoms with van der Waals surface area (Å²) >= 11 is 9.03.